The van der Waals surface area contributed by atoms with E-state index in [-0.39, 0.29) is 17.4 Å². The van der Waals surface area contributed by atoms with E-state index in [0.717, 1.165) is 11.3 Å². The van der Waals surface area contributed by atoms with Gasteiger partial charge in [-0.2, -0.15) is 4.98 Å². The molecule has 5 nitrogen and oxygen atoms in total. The Morgan fingerprint density at radius 2 is 2.24 bits per heavy atom. The van der Waals surface area contributed by atoms with Crippen molar-refractivity contribution in [1.82, 2.24) is 10.1 Å². The van der Waals surface area contributed by atoms with Crippen molar-refractivity contribution in [2.45, 2.75) is 32.6 Å². The van der Waals surface area contributed by atoms with Crippen LogP contribution in [0.15, 0.2) is 16.7 Å². The second-order valence-corrected chi connectivity index (χ2v) is 9.32. The molecule has 0 radical (unpaired) electrons. The maximum Gasteiger partial charge on any atom is 0.268 e. The first kappa shape index (κ1) is 14.7. The predicted octanol–water partition coefficient (Wildman–Crippen LogP) is 2.90. The van der Waals surface area contributed by atoms with Crippen LogP contribution in [0.25, 0.3) is 10.8 Å². The number of sulfone groups is 1. The summed E-state index contributed by atoms with van der Waals surface area (Å²) in [6.07, 6.45) is 1.62. The molecule has 0 aliphatic carbocycles. The molecule has 0 spiro atoms. The molecule has 3 rings (SSSR count). The second kappa shape index (κ2) is 5.53. The average molecular weight is 326 g/mol. The van der Waals surface area contributed by atoms with Crippen molar-refractivity contribution in [3.05, 3.63) is 22.8 Å². The molecule has 3 heterocycles. The quantitative estimate of drug-likeness (QED) is 0.864. The first-order chi connectivity index (χ1) is 9.93. The zero-order valence-corrected chi connectivity index (χ0v) is 13.7. The van der Waals surface area contributed by atoms with Crippen LogP contribution in [0.3, 0.4) is 0 Å². The number of hydrogen-bond donors (Lipinski definition) is 0. The first-order valence-electron chi connectivity index (χ1n) is 7.06. The molecule has 21 heavy (non-hydrogen) atoms. The van der Waals surface area contributed by atoms with Crippen LogP contribution < -0.4 is 0 Å². The molecule has 0 amide bonds. The lowest BCUT2D eigenvalue weighted by Crippen LogP contribution is -2.04. The Labute approximate surface area is 128 Å². The normalized spacial score (nSPS) is 21.2. The monoisotopic (exact) mass is 326 g/mol. The van der Waals surface area contributed by atoms with Gasteiger partial charge in [0.05, 0.1) is 16.4 Å². The van der Waals surface area contributed by atoms with Crippen molar-refractivity contribution in [2.24, 2.45) is 5.92 Å². The van der Waals surface area contributed by atoms with Gasteiger partial charge in [-0.15, -0.1) is 11.3 Å². The standard InChI is InChI=1S/C14H18N2O3S2/c1-9(2)7-11-3-4-12(20-11)14-15-13(16-19-14)10-5-6-21(17,18)8-10/h3-4,9-10H,5-8H2,1-2H3. The Bertz CT molecular complexity index is 731. The van der Waals surface area contributed by atoms with E-state index in [1.165, 1.54) is 4.88 Å². The van der Waals surface area contributed by atoms with E-state index in [4.69, 9.17) is 4.52 Å². The molecule has 0 aromatic carbocycles. The number of thiophene rings is 1. The molecule has 2 aromatic rings. The van der Waals surface area contributed by atoms with Gasteiger partial charge in [-0.3, -0.25) is 0 Å². The summed E-state index contributed by atoms with van der Waals surface area (Å²) in [6.45, 7) is 4.37. The van der Waals surface area contributed by atoms with Gasteiger partial charge in [-0.1, -0.05) is 19.0 Å². The van der Waals surface area contributed by atoms with Gasteiger partial charge in [0.2, 0.25) is 0 Å². The summed E-state index contributed by atoms with van der Waals surface area (Å²) in [6, 6.07) is 4.08. The minimum absolute atomic E-state index is 0.123. The maximum atomic E-state index is 11.5. The third-order valence-corrected chi connectivity index (χ3v) is 6.38. The number of aromatic nitrogens is 2. The summed E-state index contributed by atoms with van der Waals surface area (Å²) < 4.78 is 28.3. The van der Waals surface area contributed by atoms with Gasteiger partial charge >= 0.3 is 0 Å². The molecular formula is C14H18N2O3S2. The largest absolute Gasteiger partial charge is 0.333 e. The van der Waals surface area contributed by atoms with Crippen LogP contribution in [0, 0.1) is 5.92 Å². The Kier molecular flexibility index (Phi) is 3.88. The molecule has 1 atom stereocenters. The molecule has 1 aliphatic rings. The van der Waals surface area contributed by atoms with Gasteiger partial charge in [0, 0.05) is 10.8 Å². The fourth-order valence-electron chi connectivity index (χ4n) is 2.50. The fraction of sp³-hybridized carbons (Fsp3) is 0.571. The molecule has 0 N–H and O–H groups in total. The lowest BCUT2D eigenvalue weighted by Gasteiger charge is -1.99. The van der Waals surface area contributed by atoms with Crippen LogP contribution in [0.4, 0.5) is 0 Å². The van der Waals surface area contributed by atoms with Crippen LogP contribution in [-0.2, 0) is 16.3 Å². The van der Waals surface area contributed by atoms with E-state index in [9.17, 15) is 8.42 Å². The van der Waals surface area contributed by atoms with Gasteiger partial charge in [-0.25, -0.2) is 8.42 Å². The van der Waals surface area contributed by atoms with Gasteiger partial charge in [0.1, 0.15) is 0 Å². The van der Waals surface area contributed by atoms with Crippen LogP contribution >= 0.6 is 11.3 Å². The van der Waals surface area contributed by atoms with Crippen LogP contribution in [0.5, 0.6) is 0 Å². The van der Waals surface area contributed by atoms with Crippen LogP contribution in [0.1, 0.15) is 36.9 Å². The number of hydrogen-bond acceptors (Lipinski definition) is 6. The van der Waals surface area contributed by atoms with Crippen molar-refractivity contribution < 1.29 is 12.9 Å². The highest BCUT2D eigenvalue weighted by Gasteiger charge is 2.32. The smallest absolute Gasteiger partial charge is 0.268 e. The molecule has 1 unspecified atom stereocenters. The zero-order chi connectivity index (χ0) is 15.0. The Morgan fingerprint density at radius 3 is 2.90 bits per heavy atom. The summed E-state index contributed by atoms with van der Waals surface area (Å²) in [4.78, 5) is 6.63. The summed E-state index contributed by atoms with van der Waals surface area (Å²) >= 11 is 1.66. The van der Waals surface area contributed by atoms with Gasteiger partial charge in [0.15, 0.2) is 15.7 Å². The van der Waals surface area contributed by atoms with Crippen LogP contribution in [0.2, 0.25) is 0 Å². The molecule has 1 saturated heterocycles. The minimum Gasteiger partial charge on any atom is -0.333 e. The van der Waals surface area contributed by atoms with Gasteiger partial charge in [-0.05, 0) is 30.9 Å². The summed E-state index contributed by atoms with van der Waals surface area (Å²) in [7, 11) is -2.93. The highest BCUT2D eigenvalue weighted by molar-refractivity contribution is 7.91. The first-order valence-corrected chi connectivity index (χ1v) is 9.70. The molecule has 2 aromatic heterocycles. The van der Waals surface area contributed by atoms with Crippen molar-refractivity contribution >= 4 is 21.2 Å². The third kappa shape index (κ3) is 3.35. The fourth-order valence-corrected chi connectivity index (χ4v) is 5.38. The van der Waals surface area contributed by atoms with E-state index >= 15 is 0 Å². The molecule has 0 bridgehead atoms. The predicted molar refractivity (Wildman–Crippen MR) is 82.2 cm³/mol. The highest BCUT2D eigenvalue weighted by Crippen LogP contribution is 2.31. The molecule has 114 valence electrons. The molecule has 1 aliphatic heterocycles. The molecular weight excluding hydrogens is 308 g/mol. The third-order valence-electron chi connectivity index (χ3n) is 3.52. The van der Waals surface area contributed by atoms with E-state index in [2.05, 4.69) is 30.1 Å². The van der Waals surface area contributed by atoms with E-state index in [1.807, 2.05) is 6.07 Å². The minimum atomic E-state index is -2.93. The van der Waals surface area contributed by atoms with E-state index < -0.39 is 9.84 Å². The second-order valence-electron chi connectivity index (χ2n) is 5.92. The lowest BCUT2D eigenvalue weighted by atomic mass is 10.1. The summed E-state index contributed by atoms with van der Waals surface area (Å²) in [5, 5.41) is 3.97. The van der Waals surface area contributed by atoms with Crippen molar-refractivity contribution in [1.29, 1.82) is 0 Å². The summed E-state index contributed by atoms with van der Waals surface area (Å²) in [5.41, 5.74) is 0. The Hall–Kier alpha value is -1.21. The van der Waals surface area contributed by atoms with Crippen molar-refractivity contribution in [3.63, 3.8) is 0 Å². The summed E-state index contributed by atoms with van der Waals surface area (Å²) in [5.74, 6) is 1.86. The molecule has 1 fully saturated rings. The topological polar surface area (TPSA) is 73.1 Å². The molecule has 0 saturated carbocycles. The highest BCUT2D eigenvalue weighted by atomic mass is 32.2. The van der Waals surface area contributed by atoms with E-state index in [1.54, 1.807) is 11.3 Å². The number of rotatable bonds is 4. The van der Waals surface area contributed by atoms with Crippen molar-refractivity contribution in [2.75, 3.05) is 11.5 Å². The van der Waals surface area contributed by atoms with Gasteiger partial charge in [0.25, 0.3) is 5.89 Å². The Balaban J connectivity index is 1.77. The van der Waals surface area contributed by atoms with E-state index in [0.29, 0.717) is 24.1 Å². The SMILES string of the molecule is CC(C)Cc1ccc(-c2nc(C3CCS(=O)(=O)C3)no2)s1. The zero-order valence-electron chi connectivity index (χ0n) is 12.1. The number of nitrogens with zero attached hydrogens (tertiary/aromatic N) is 2. The Morgan fingerprint density at radius 1 is 1.43 bits per heavy atom. The average Bonchev–Trinajstić information content (AvgIpc) is 3.06. The maximum absolute atomic E-state index is 11.5. The molecule has 7 heteroatoms. The van der Waals surface area contributed by atoms with Crippen molar-refractivity contribution in [3.8, 4) is 10.8 Å². The van der Waals surface area contributed by atoms with Crippen LogP contribution in [-0.4, -0.2) is 30.1 Å². The van der Waals surface area contributed by atoms with Gasteiger partial charge < -0.3 is 4.52 Å². The lowest BCUT2D eigenvalue weighted by molar-refractivity contribution is 0.418.